The first kappa shape index (κ1) is 18.1. The van der Waals surface area contributed by atoms with Gasteiger partial charge in [0.1, 0.15) is 17.2 Å². The Morgan fingerprint density at radius 1 is 1.04 bits per heavy atom. The molecule has 5 heteroatoms. The molecule has 138 valence electrons. The smallest absolute Gasteiger partial charge is 0.225 e. The van der Waals surface area contributed by atoms with Crippen LogP contribution in [0.2, 0.25) is 0 Å². The monoisotopic (exact) mass is 355 g/mol. The molecule has 0 radical (unpaired) electrons. The molecule has 0 saturated carbocycles. The lowest BCUT2D eigenvalue weighted by Gasteiger charge is -2.25. The van der Waals surface area contributed by atoms with Crippen LogP contribution in [0.5, 0.6) is 17.2 Å². The fraction of sp³-hybridized carbons (Fsp3) is 0.381. The molecule has 1 unspecified atom stereocenters. The number of hydrogen-bond acceptors (Lipinski definition) is 4. The SMILES string of the molecule is COc1ccc2c(c1)CCCC2CC(=O)Nc1ccc(OC)cc1OC. The molecule has 0 fully saturated rings. The molecule has 0 aromatic heterocycles. The molecule has 0 saturated heterocycles. The van der Waals surface area contributed by atoms with Crippen molar-refractivity contribution in [3.8, 4) is 17.2 Å². The van der Waals surface area contributed by atoms with Gasteiger partial charge in [-0.25, -0.2) is 0 Å². The van der Waals surface area contributed by atoms with Crippen molar-refractivity contribution < 1.29 is 19.0 Å². The van der Waals surface area contributed by atoms with E-state index in [2.05, 4.69) is 17.4 Å². The lowest BCUT2D eigenvalue weighted by molar-refractivity contribution is -0.116. The zero-order valence-corrected chi connectivity index (χ0v) is 15.5. The van der Waals surface area contributed by atoms with Crippen LogP contribution in [0.25, 0.3) is 0 Å². The summed E-state index contributed by atoms with van der Waals surface area (Å²) in [7, 11) is 4.86. The summed E-state index contributed by atoms with van der Waals surface area (Å²) in [6.07, 6.45) is 3.60. The lowest BCUT2D eigenvalue weighted by Crippen LogP contribution is -2.19. The van der Waals surface area contributed by atoms with Crippen LogP contribution in [0, 0.1) is 0 Å². The van der Waals surface area contributed by atoms with Crippen LogP contribution < -0.4 is 19.5 Å². The second-order valence-electron chi connectivity index (χ2n) is 6.47. The number of ether oxygens (including phenoxy) is 3. The third kappa shape index (κ3) is 3.93. The third-order valence-corrected chi connectivity index (χ3v) is 4.90. The van der Waals surface area contributed by atoms with Gasteiger partial charge in [0.2, 0.25) is 5.91 Å². The maximum absolute atomic E-state index is 12.6. The van der Waals surface area contributed by atoms with E-state index in [0.717, 1.165) is 25.0 Å². The molecule has 1 N–H and O–H groups in total. The first-order valence-corrected chi connectivity index (χ1v) is 8.83. The van der Waals surface area contributed by atoms with E-state index < -0.39 is 0 Å². The van der Waals surface area contributed by atoms with E-state index in [9.17, 15) is 4.79 Å². The molecular formula is C21H25NO4. The number of carbonyl (C=O) groups is 1. The van der Waals surface area contributed by atoms with Gasteiger partial charge in [0.25, 0.3) is 0 Å². The van der Waals surface area contributed by atoms with Crippen molar-refractivity contribution in [2.24, 2.45) is 0 Å². The van der Waals surface area contributed by atoms with Crippen LogP contribution in [0.4, 0.5) is 5.69 Å². The van der Waals surface area contributed by atoms with E-state index in [1.54, 1.807) is 39.5 Å². The highest BCUT2D eigenvalue weighted by atomic mass is 16.5. The fourth-order valence-corrected chi connectivity index (χ4v) is 3.56. The maximum Gasteiger partial charge on any atom is 0.225 e. The molecule has 5 nitrogen and oxygen atoms in total. The minimum absolute atomic E-state index is 0.0119. The number of carbonyl (C=O) groups excluding carboxylic acids is 1. The van der Waals surface area contributed by atoms with Crippen LogP contribution in [0.15, 0.2) is 36.4 Å². The first-order valence-electron chi connectivity index (χ1n) is 8.83. The van der Waals surface area contributed by atoms with Crippen molar-refractivity contribution >= 4 is 11.6 Å². The Hall–Kier alpha value is -2.69. The van der Waals surface area contributed by atoms with Gasteiger partial charge in [-0.1, -0.05) is 6.07 Å². The van der Waals surface area contributed by atoms with E-state index in [1.807, 2.05) is 6.07 Å². The Bertz CT molecular complexity index is 788. The van der Waals surface area contributed by atoms with Gasteiger partial charge in [0, 0.05) is 12.5 Å². The summed E-state index contributed by atoms with van der Waals surface area (Å²) in [5.74, 6) is 2.37. The van der Waals surface area contributed by atoms with Crippen LogP contribution in [0.1, 0.15) is 36.3 Å². The van der Waals surface area contributed by atoms with E-state index in [1.165, 1.54) is 11.1 Å². The topological polar surface area (TPSA) is 56.8 Å². The molecule has 0 heterocycles. The van der Waals surface area contributed by atoms with Crippen LogP contribution in [-0.2, 0) is 11.2 Å². The third-order valence-electron chi connectivity index (χ3n) is 4.90. The number of fused-ring (bicyclic) bond motifs is 1. The summed E-state index contributed by atoms with van der Waals surface area (Å²) in [6.45, 7) is 0. The first-order chi connectivity index (χ1) is 12.6. The molecule has 3 rings (SSSR count). The van der Waals surface area contributed by atoms with Crippen molar-refractivity contribution in [1.82, 2.24) is 0 Å². The van der Waals surface area contributed by atoms with Crippen LogP contribution >= 0.6 is 0 Å². The highest BCUT2D eigenvalue weighted by Gasteiger charge is 2.23. The average molecular weight is 355 g/mol. The van der Waals surface area contributed by atoms with Crippen molar-refractivity contribution in [3.63, 3.8) is 0 Å². The minimum Gasteiger partial charge on any atom is -0.497 e. The quantitative estimate of drug-likeness (QED) is 0.845. The van der Waals surface area contributed by atoms with Crippen LogP contribution in [-0.4, -0.2) is 27.2 Å². The zero-order valence-electron chi connectivity index (χ0n) is 15.5. The summed E-state index contributed by atoms with van der Waals surface area (Å²) in [5, 5.41) is 2.97. The number of aryl methyl sites for hydroxylation is 1. The summed E-state index contributed by atoms with van der Waals surface area (Å²) in [4.78, 5) is 12.6. The number of benzene rings is 2. The standard InChI is InChI=1S/C21H25NO4/c1-24-16-7-9-18-14(11-16)5-4-6-15(18)12-21(23)22-19-10-8-17(25-2)13-20(19)26-3/h7-11,13,15H,4-6,12H2,1-3H3,(H,22,23). The molecule has 1 atom stereocenters. The number of methoxy groups -OCH3 is 3. The van der Waals surface area contributed by atoms with Gasteiger partial charge >= 0.3 is 0 Å². The van der Waals surface area contributed by atoms with Gasteiger partial charge in [-0.15, -0.1) is 0 Å². The Balaban J connectivity index is 1.72. The Labute approximate surface area is 154 Å². The van der Waals surface area contributed by atoms with Gasteiger partial charge in [0.05, 0.1) is 27.0 Å². The second-order valence-corrected chi connectivity index (χ2v) is 6.47. The van der Waals surface area contributed by atoms with Gasteiger partial charge in [-0.05, 0) is 60.6 Å². The molecule has 0 spiro atoms. The molecular weight excluding hydrogens is 330 g/mol. The Morgan fingerprint density at radius 3 is 2.50 bits per heavy atom. The zero-order chi connectivity index (χ0) is 18.5. The Kier molecular flexibility index (Phi) is 5.66. The molecule has 1 aliphatic rings. The second kappa shape index (κ2) is 8.13. The van der Waals surface area contributed by atoms with Gasteiger partial charge in [-0.2, -0.15) is 0 Å². The number of anilines is 1. The predicted molar refractivity (Wildman–Crippen MR) is 101 cm³/mol. The van der Waals surface area contributed by atoms with E-state index in [4.69, 9.17) is 14.2 Å². The molecule has 1 aliphatic carbocycles. The highest BCUT2D eigenvalue weighted by molar-refractivity contribution is 5.93. The number of amides is 1. The van der Waals surface area contributed by atoms with E-state index in [-0.39, 0.29) is 11.8 Å². The molecule has 1 amide bonds. The Morgan fingerprint density at radius 2 is 1.77 bits per heavy atom. The maximum atomic E-state index is 12.6. The van der Waals surface area contributed by atoms with Gasteiger partial charge < -0.3 is 19.5 Å². The van der Waals surface area contributed by atoms with Crippen molar-refractivity contribution in [2.75, 3.05) is 26.6 Å². The van der Waals surface area contributed by atoms with Crippen molar-refractivity contribution in [1.29, 1.82) is 0 Å². The molecule has 0 bridgehead atoms. The van der Waals surface area contributed by atoms with Gasteiger partial charge in [-0.3, -0.25) is 4.79 Å². The van der Waals surface area contributed by atoms with E-state index >= 15 is 0 Å². The van der Waals surface area contributed by atoms with Gasteiger partial charge in [0.15, 0.2) is 0 Å². The van der Waals surface area contributed by atoms with E-state index in [0.29, 0.717) is 23.6 Å². The summed E-state index contributed by atoms with van der Waals surface area (Å²) in [5.41, 5.74) is 3.20. The predicted octanol–water partition coefficient (Wildman–Crippen LogP) is 4.16. The van der Waals surface area contributed by atoms with Crippen molar-refractivity contribution in [3.05, 3.63) is 47.5 Å². The average Bonchev–Trinajstić information content (AvgIpc) is 2.68. The number of rotatable bonds is 6. The van der Waals surface area contributed by atoms with Crippen LogP contribution in [0.3, 0.4) is 0 Å². The fourth-order valence-electron chi connectivity index (χ4n) is 3.56. The summed E-state index contributed by atoms with van der Waals surface area (Å²) >= 11 is 0. The molecule has 0 aliphatic heterocycles. The largest absolute Gasteiger partial charge is 0.497 e. The minimum atomic E-state index is -0.0119. The summed E-state index contributed by atoms with van der Waals surface area (Å²) in [6, 6.07) is 11.5. The summed E-state index contributed by atoms with van der Waals surface area (Å²) < 4.78 is 15.9. The highest BCUT2D eigenvalue weighted by Crippen LogP contribution is 2.36. The number of nitrogens with one attached hydrogen (secondary N) is 1. The number of hydrogen-bond donors (Lipinski definition) is 1. The molecule has 26 heavy (non-hydrogen) atoms. The molecule has 2 aromatic carbocycles. The molecule has 2 aromatic rings. The lowest BCUT2D eigenvalue weighted by atomic mass is 9.81. The normalized spacial score (nSPS) is 15.7. The van der Waals surface area contributed by atoms with Crippen molar-refractivity contribution in [2.45, 2.75) is 31.6 Å².